The molecule has 126 valence electrons. The zero-order valence-electron chi connectivity index (χ0n) is 14.5. The Hall–Kier alpha value is -3.46. The Kier molecular flexibility index (Phi) is 4.20. The highest BCUT2D eigenvalue weighted by molar-refractivity contribution is 5.73. The van der Waals surface area contributed by atoms with E-state index in [9.17, 15) is 4.79 Å². The normalized spacial score (nSPS) is 10.7. The third kappa shape index (κ3) is 2.84. The molecule has 2 aromatic heterocycles. The number of pyridine rings is 2. The fraction of sp³-hybridized carbons (Fsp3) is 0.0435. The zero-order valence-corrected chi connectivity index (χ0v) is 14.5. The summed E-state index contributed by atoms with van der Waals surface area (Å²) in [6.45, 7) is 1.88. The quantitative estimate of drug-likeness (QED) is 0.534. The fourth-order valence-corrected chi connectivity index (χ4v) is 3.22. The average molecular weight is 338 g/mol. The molecule has 0 fully saturated rings. The van der Waals surface area contributed by atoms with Crippen molar-refractivity contribution in [1.82, 2.24) is 9.55 Å². The molecule has 2 heterocycles. The van der Waals surface area contributed by atoms with Crippen molar-refractivity contribution in [2.75, 3.05) is 0 Å². The lowest BCUT2D eigenvalue weighted by Crippen LogP contribution is -2.15. The second kappa shape index (κ2) is 6.81. The van der Waals surface area contributed by atoms with Crippen molar-refractivity contribution in [2.45, 2.75) is 6.92 Å². The molecule has 0 amide bonds. The molecule has 26 heavy (non-hydrogen) atoms. The van der Waals surface area contributed by atoms with E-state index in [-0.39, 0.29) is 5.43 Å². The molecule has 0 saturated heterocycles. The van der Waals surface area contributed by atoms with Crippen LogP contribution in [0, 0.1) is 6.92 Å². The van der Waals surface area contributed by atoms with Gasteiger partial charge in [0.25, 0.3) is 0 Å². The molecule has 0 radical (unpaired) electrons. The molecule has 0 unspecified atom stereocenters. The summed E-state index contributed by atoms with van der Waals surface area (Å²) >= 11 is 0. The van der Waals surface area contributed by atoms with Gasteiger partial charge in [-0.3, -0.25) is 9.78 Å². The Morgan fingerprint density at radius 2 is 1.46 bits per heavy atom. The van der Waals surface area contributed by atoms with E-state index in [1.165, 1.54) is 0 Å². The monoisotopic (exact) mass is 338 g/mol. The fourth-order valence-electron chi connectivity index (χ4n) is 3.22. The molecule has 3 nitrogen and oxygen atoms in total. The van der Waals surface area contributed by atoms with Crippen molar-refractivity contribution < 1.29 is 0 Å². The number of nitrogens with zero attached hydrogens (tertiary/aromatic N) is 2. The first-order chi connectivity index (χ1) is 12.8. The van der Waals surface area contributed by atoms with Gasteiger partial charge in [-0.05, 0) is 30.2 Å². The Morgan fingerprint density at radius 3 is 2.08 bits per heavy atom. The van der Waals surface area contributed by atoms with Crippen LogP contribution in [0.2, 0.25) is 0 Å². The van der Waals surface area contributed by atoms with E-state index in [4.69, 9.17) is 0 Å². The summed E-state index contributed by atoms with van der Waals surface area (Å²) < 4.78 is 2.12. The molecule has 0 bridgehead atoms. The second-order valence-corrected chi connectivity index (χ2v) is 6.15. The first-order valence-electron chi connectivity index (χ1n) is 8.53. The molecule has 0 spiro atoms. The Bertz CT molecular complexity index is 1090. The van der Waals surface area contributed by atoms with Gasteiger partial charge >= 0.3 is 0 Å². The number of benzene rings is 2. The average Bonchev–Trinajstić information content (AvgIpc) is 2.71. The van der Waals surface area contributed by atoms with Crippen molar-refractivity contribution in [1.29, 1.82) is 0 Å². The molecule has 3 heteroatoms. The van der Waals surface area contributed by atoms with Crippen LogP contribution in [-0.4, -0.2) is 9.55 Å². The Labute approximate surface area is 152 Å². The summed E-state index contributed by atoms with van der Waals surface area (Å²) in [6, 6.07) is 25.6. The van der Waals surface area contributed by atoms with Gasteiger partial charge in [-0.1, -0.05) is 60.7 Å². The van der Waals surface area contributed by atoms with Crippen LogP contribution in [-0.2, 0) is 0 Å². The minimum Gasteiger partial charge on any atom is -0.307 e. The van der Waals surface area contributed by atoms with E-state index < -0.39 is 0 Å². The van der Waals surface area contributed by atoms with Crippen LogP contribution in [0.4, 0.5) is 0 Å². The van der Waals surface area contributed by atoms with Gasteiger partial charge in [-0.15, -0.1) is 0 Å². The standard InChI is InChI=1S/C23H18N2O/c1-17-22(26)15-21(18-9-4-2-5-10-18)25(20-13-8-14-24-16-20)23(17)19-11-6-3-7-12-19/h2-16H,1H3. The molecular formula is C23H18N2O. The largest absolute Gasteiger partial charge is 0.307 e. The van der Waals surface area contributed by atoms with Gasteiger partial charge in [0.2, 0.25) is 0 Å². The van der Waals surface area contributed by atoms with Crippen LogP contribution in [0.3, 0.4) is 0 Å². The summed E-state index contributed by atoms with van der Waals surface area (Å²) in [7, 11) is 0. The maximum atomic E-state index is 12.8. The number of rotatable bonds is 3. The number of aromatic nitrogens is 2. The van der Waals surface area contributed by atoms with E-state index in [1.807, 2.05) is 85.9 Å². The number of hydrogen-bond donors (Lipinski definition) is 0. The van der Waals surface area contributed by atoms with E-state index in [2.05, 4.69) is 9.55 Å². The van der Waals surface area contributed by atoms with E-state index >= 15 is 0 Å². The van der Waals surface area contributed by atoms with Gasteiger partial charge in [0.15, 0.2) is 5.43 Å². The van der Waals surface area contributed by atoms with E-state index in [0.717, 1.165) is 33.8 Å². The van der Waals surface area contributed by atoms with Gasteiger partial charge in [-0.2, -0.15) is 0 Å². The predicted octanol–water partition coefficient (Wildman–Crippen LogP) is 4.87. The van der Waals surface area contributed by atoms with Gasteiger partial charge in [0.05, 0.1) is 23.3 Å². The summed E-state index contributed by atoms with van der Waals surface area (Å²) in [5.74, 6) is 0. The Balaban J connectivity index is 2.14. The van der Waals surface area contributed by atoms with Crippen molar-refractivity contribution in [3.05, 3.63) is 107 Å². The van der Waals surface area contributed by atoms with Crippen LogP contribution in [0.1, 0.15) is 5.56 Å². The van der Waals surface area contributed by atoms with Gasteiger partial charge < -0.3 is 4.57 Å². The molecule has 0 N–H and O–H groups in total. The molecule has 4 aromatic rings. The summed E-state index contributed by atoms with van der Waals surface area (Å²) in [5, 5.41) is 0. The summed E-state index contributed by atoms with van der Waals surface area (Å²) in [6.07, 6.45) is 3.58. The highest BCUT2D eigenvalue weighted by Gasteiger charge is 2.17. The third-order valence-electron chi connectivity index (χ3n) is 4.48. The lowest BCUT2D eigenvalue weighted by molar-refractivity contribution is 1.02. The zero-order chi connectivity index (χ0) is 17.9. The van der Waals surface area contributed by atoms with Crippen LogP contribution in [0.25, 0.3) is 28.2 Å². The lowest BCUT2D eigenvalue weighted by atomic mass is 10.0. The first-order valence-corrected chi connectivity index (χ1v) is 8.53. The van der Waals surface area contributed by atoms with Crippen molar-refractivity contribution in [3.63, 3.8) is 0 Å². The maximum absolute atomic E-state index is 12.8. The smallest absolute Gasteiger partial charge is 0.185 e. The lowest BCUT2D eigenvalue weighted by Gasteiger charge is -2.21. The first kappa shape index (κ1) is 16.0. The molecule has 0 saturated carbocycles. The Morgan fingerprint density at radius 1 is 0.808 bits per heavy atom. The van der Waals surface area contributed by atoms with Crippen molar-refractivity contribution in [3.8, 4) is 28.2 Å². The summed E-state index contributed by atoms with van der Waals surface area (Å²) in [4.78, 5) is 17.0. The van der Waals surface area contributed by atoms with E-state index in [0.29, 0.717) is 0 Å². The molecule has 2 aromatic carbocycles. The van der Waals surface area contributed by atoms with Crippen molar-refractivity contribution >= 4 is 0 Å². The molecule has 0 aliphatic heterocycles. The van der Waals surface area contributed by atoms with Crippen LogP contribution in [0.5, 0.6) is 0 Å². The topological polar surface area (TPSA) is 34.9 Å². The second-order valence-electron chi connectivity index (χ2n) is 6.15. The third-order valence-corrected chi connectivity index (χ3v) is 4.48. The van der Waals surface area contributed by atoms with Gasteiger partial charge in [0.1, 0.15) is 0 Å². The molecular weight excluding hydrogens is 320 g/mol. The minimum absolute atomic E-state index is 0.0304. The predicted molar refractivity (Wildman–Crippen MR) is 105 cm³/mol. The SMILES string of the molecule is Cc1c(-c2ccccc2)n(-c2cccnc2)c(-c2ccccc2)cc1=O. The van der Waals surface area contributed by atoms with Crippen LogP contribution < -0.4 is 5.43 Å². The minimum atomic E-state index is 0.0304. The molecule has 0 aliphatic carbocycles. The van der Waals surface area contributed by atoms with Crippen molar-refractivity contribution in [2.24, 2.45) is 0 Å². The number of hydrogen-bond acceptors (Lipinski definition) is 2. The highest BCUT2D eigenvalue weighted by Crippen LogP contribution is 2.30. The van der Waals surface area contributed by atoms with Gasteiger partial charge in [-0.25, -0.2) is 0 Å². The molecule has 0 atom stereocenters. The molecule has 0 aliphatic rings. The highest BCUT2D eigenvalue weighted by atomic mass is 16.1. The van der Waals surface area contributed by atoms with E-state index in [1.54, 1.807) is 12.3 Å². The van der Waals surface area contributed by atoms with Crippen LogP contribution >= 0.6 is 0 Å². The summed E-state index contributed by atoms with van der Waals surface area (Å²) in [5.41, 5.74) is 5.42. The maximum Gasteiger partial charge on any atom is 0.185 e. The van der Waals surface area contributed by atoms with Crippen LogP contribution in [0.15, 0.2) is 96.1 Å². The van der Waals surface area contributed by atoms with Gasteiger partial charge in [0, 0.05) is 17.8 Å². The molecule has 4 rings (SSSR count).